The summed E-state index contributed by atoms with van der Waals surface area (Å²) in [5.41, 5.74) is 1.40. The van der Waals surface area contributed by atoms with Gasteiger partial charge in [0.25, 0.3) is 0 Å². The van der Waals surface area contributed by atoms with Crippen LogP contribution in [0.2, 0.25) is 0 Å². The van der Waals surface area contributed by atoms with E-state index in [-0.39, 0.29) is 11.4 Å². The maximum atomic E-state index is 11.6. The Balaban J connectivity index is 2.33. The number of aromatic nitrogens is 2. The summed E-state index contributed by atoms with van der Waals surface area (Å²) in [7, 11) is 0. The van der Waals surface area contributed by atoms with Crippen molar-refractivity contribution in [1.29, 1.82) is 0 Å². The molecule has 5 heteroatoms. The van der Waals surface area contributed by atoms with Crippen molar-refractivity contribution in [2.24, 2.45) is 0 Å². The molecule has 1 aliphatic rings. The Morgan fingerprint density at radius 3 is 2.87 bits per heavy atom. The van der Waals surface area contributed by atoms with Crippen molar-refractivity contribution >= 4 is 21.9 Å². The molecule has 0 amide bonds. The Morgan fingerprint density at radius 2 is 2.33 bits per heavy atom. The zero-order chi connectivity index (χ0) is 11.1. The molecule has 1 fully saturated rings. The van der Waals surface area contributed by atoms with Crippen molar-refractivity contribution in [2.75, 3.05) is 6.61 Å². The molecule has 0 aromatic carbocycles. The molecule has 0 aliphatic heterocycles. The number of hydrogen-bond donors (Lipinski definition) is 1. The minimum absolute atomic E-state index is 0.0844. The normalized spacial score (nSPS) is 17.5. The van der Waals surface area contributed by atoms with Crippen LogP contribution in [-0.4, -0.2) is 22.5 Å². The first kappa shape index (κ1) is 10.7. The highest BCUT2D eigenvalue weighted by molar-refractivity contribution is 9.10. The van der Waals surface area contributed by atoms with Crippen LogP contribution in [0.5, 0.6) is 0 Å². The fourth-order valence-electron chi connectivity index (χ4n) is 1.57. The van der Waals surface area contributed by atoms with E-state index in [1.165, 1.54) is 0 Å². The third-order valence-corrected chi connectivity index (χ3v) is 3.12. The van der Waals surface area contributed by atoms with Crippen LogP contribution in [0.3, 0.4) is 0 Å². The Hall–Kier alpha value is -0.840. The Bertz CT molecular complexity index is 396. The Labute approximate surface area is 96.6 Å². The van der Waals surface area contributed by atoms with Gasteiger partial charge in [-0.3, -0.25) is 0 Å². The van der Waals surface area contributed by atoms with Crippen LogP contribution in [0.15, 0.2) is 4.73 Å². The molecule has 4 nitrogen and oxygen atoms in total. The summed E-state index contributed by atoms with van der Waals surface area (Å²) >= 11 is 3.25. The topological polar surface area (TPSA) is 55.0 Å². The number of halogens is 1. The molecule has 1 saturated carbocycles. The number of carbonyl (C=O) groups excluding carboxylic acids is 1. The summed E-state index contributed by atoms with van der Waals surface area (Å²) in [6, 6.07) is 0. The first-order valence-electron chi connectivity index (χ1n) is 5.00. The summed E-state index contributed by atoms with van der Waals surface area (Å²) in [4.78, 5) is 18.8. The zero-order valence-corrected chi connectivity index (χ0v) is 10.3. The van der Waals surface area contributed by atoms with Gasteiger partial charge >= 0.3 is 5.97 Å². The molecular formula is C10H13BrN2O2. The lowest BCUT2D eigenvalue weighted by Crippen LogP contribution is -2.12. The fourth-order valence-corrected chi connectivity index (χ4v) is 1.94. The van der Waals surface area contributed by atoms with E-state index in [0.29, 0.717) is 17.0 Å². The molecule has 1 aliphatic carbocycles. The second kappa shape index (κ2) is 3.63. The number of nitrogens with one attached hydrogen (secondary N) is 1. The van der Waals surface area contributed by atoms with Crippen LogP contribution in [0, 0.1) is 0 Å². The highest BCUT2D eigenvalue weighted by atomic mass is 79.9. The molecule has 0 unspecified atom stereocenters. The van der Waals surface area contributed by atoms with Gasteiger partial charge in [0.1, 0.15) is 0 Å². The average molecular weight is 273 g/mol. The summed E-state index contributed by atoms with van der Waals surface area (Å²) in [5.74, 6) is -0.345. The molecule has 1 aromatic heterocycles. The maximum Gasteiger partial charge on any atom is 0.358 e. The molecule has 2 rings (SSSR count). The van der Waals surface area contributed by atoms with Gasteiger partial charge in [-0.1, -0.05) is 6.92 Å². The van der Waals surface area contributed by atoms with Gasteiger partial charge in [0.15, 0.2) is 10.4 Å². The second-order valence-electron chi connectivity index (χ2n) is 4.03. The minimum Gasteiger partial charge on any atom is -0.461 e. The van der Waals surface area contributed by atoms with Crippen molar-refractivity contribution in [2.45, 2.75) is 32.1 Å². The van der Waals surface area contributed by atoms with Crippen LogP contribution >= 0.6 is 15.9 Å². The van der Waals surface area contributed by atoms with Gasteiger partial charge in [-0.25, -0.2) is 9.78 Å². The highest BCUT2D eigenvalue weighted by Gasteiger charge is 2.44. The van der Waals surface area contributed by atoms with E-state index in [1.54, 1.807) is 6.92 Å². The largest absolute Gasteiger partial charge is 0.461 e. The molecule has 1 heterocycles. The van der Waals surface area contributed by atoms with Crippen LogP contribution in [0.4, 0.5) is 0 Å². The van der Waals surface area contributed by atoms with Crippen LogP contribution in [0.25, 0.3) is 0 Å². The lowest BCUT2D eigenvalue weighted by molar-refractivity contribution is 0.0518. The lowest BCUT2D eigenvalue weighted by Gasteiger charge is -2.07. The number of rotatable bonds is 3. The maximum absolute atomic E-state index is 11.6. The van der Waals surface area contributed by atoms with Gasteiger partial charge in [-0.2, -0.15) is 0 Å². The van der Waals surface area contributed by atoms with E-state index >= 15 is 0 Å². The standard InChI is InChI=1S/C10H13BrN2O2/c1-3-15-8(14)6-7(10(2)4-5-10)13-9(11)12-6/h3-5H2,1-2H3,(H,12,13). The number of nitrogens with zero attached hydrogens (tertiary/aromatic N) is 1. The van der Waals surface area contributed by atoms with Gasteiger partial charge < -0.3 is 9.72 Å². The zero-order valence-electron chi connectivity index (χ0n) is 8.76. The number of H-pyrrole nitrogens is 1. The summed E-state index contributed by atoms with van der Waals surface area (Å²) in [6.45, 7) is 4.28. The third kappa shape index (κ3) is 1.93. The Kier molecular flexibility index (Phi) is 2.58. The van der Waals surface area contributed by atoms with Gasteiger partial charge in [0.05, 0.1) is 12.3 Å². The Morgan fingerprint density at radius 1 is 1.67 bits per heavy atom. The SMILES string of the molecule is CCOC(=O)c1nc(Br)[nH]c1C1(C)CC1. The molecule has 15 heavy (non-hydrogen) atoms. The molecule has 0 atom stereocenters. The molecule has 0 spiro atoms. The second-order valence-corrected chi connectivity index (χ2v) is 4.78. The molecule has 0 radical (unpaired) electrons. The van der Waals surface area contributed by atoms with Crippen LogP contribution < -0.4 is 0 Å². The molecule has 82 valence electrons. The minimum atomic E-state index is -0.345. The number of carbonyl (C=O) groups is 1. The molecule has 0 bridgehead atoms. The average Bonchev–Trinajstić information content (AvgIpc) is 2.78. The predicted molar refractivity (Wildman–Crippen MR) is 58.8 cm³/mol. The summed E-state index contributed by atoms with van der Waals surface area (Å²) < 4.78 is 5.55. The van der Waals surface area contributed by atoms with Crippen molar-refractivity contribution in [3.05, 3.63) is 16.1 Å². The van der Waals surface area contributed by atoms with E-state index < -0.39 is 0 Å². The first-order valence-corrected chi connectivity index (χ1v) is 5.79. The third-order valence-electron chi connectivity index (χ3n) is 2.75. The first-order chi connectivity index (χ1) is 7.07. The van der Waals surface area contributed by atoms with E-state index in [9.17, 15) is 4.79 Å². The van der Waals surface area contributed by atoms with E-state index in [2.05, 4.69) is 32.8 Å². The van der Waals surface area contributed by atoms with Crippen molar-refractivity contribution in [1.82, 2.24) is 9.97 Å². The predicted octanol–water partition coefficient (Wildman–Crippen LogP) is 2.40. The lowest BCUT2D eigenvalue weighted by atomic mass is 10.0. The fraction of sp³-hybridized carbons (Fsp3) is 0.600. The van der Waals surface area contributed by atoms with Gasteiger partial charge in [-0.15, -0.1) is 0 Å². The molecule has 0 saturated heterocycles. The van der Waals surface area contributed by atoms with Gasteiger partial charge in [-0.05, 0) is 35.7 Å². The van der Waals surface area contributed by atoms with E-state index in [0.717, 1.165) is 18.5 Å². The molecule has 1 aromatic rings. The number of esters is 1. The summed E-state index contributed by atoms with van der Waals surface area (Å²) in [5, 5.41) is 0. The number of ether oxygens (including phenoxy) is 1. The van der Waals surface area contributed by atoms with Gasteiger partial charge in [0, 0.05) is 5.41 Å². The van der Waals surface area contributed by atoms with E-state index in [4.69, 9.17) is 4.74 Å². The monoisotopic (exact) mass is 272 g/mol. The van der Waals surface area contributed by atoms with E-state index in [1.807, 2.05) is 0 Å². The number of hydrogen-bond acceptors (Lipinski definition) is 3. The van der Waals surface area contributed by atoms with Gasteiger partial charge in [0.2, 0.25) is 0 Å². The molecule has 1 N–H and O–H groups in total. The quantitative estimate of drug-likeness (QED) is 0.860. The van der Waals surface area contributed by atoms with Crippen molar-refractivity contribution in [3.63, 3.8) is 0 Å². The number of aromatic amines is 1. The summed E-state index contributed by atoms with van der Waals surface area (Å²) in [6.07, 6.45) is 2.18. The van der Waals surface area contributed by atoms with Crippen LogP contribution in [-0.2, 0) is 10.2 Å². The molecular weight excluding hydrogens is 260 g/mol. The highest BCUT2D eigenvalue weighted by Crippen LogP contribution is 2.48. The van der Waals surface area contributed by atoms with Crippen molar-refractivity contribution in [3.8, 4) is 0 Å². The van der Waals surface area contributed by atoms with Crippen molar-refractivity contribution < 1.29 is 9.53 Å². The smallest absolute Gasteiger partial charge is 0.358 e. The van der Waals surface area contributed by atoms with Crippen LogP contribution in [0.1, 0.15) is 42.9 Å². The number of imidazole rings is 1.